The van der Waals surface area contributed by atoms with Gasteiger partial charge in [-0.15, -0.1) is 0 Å². The third-order valence-electron chi connectivity index (χ3n) is 5.14. The van der Waals surface area contributed by atoms with Gasteiger partial charge >= 0.3 is 6.09 Å². The first-order valence-electron chi connectivity index (χ1n) is 9.04. The van der Waals surface area contributed by atoms with Gasteiger partial charge in [-0.1, -0.05) is 30.3 Å². The minimum Gasteiger partial charge on any atom is -0.445 e. The van der Waals surface area contributed by atoms with Crippen molar-refractivity contribution in [1.29, 1.82) is 0 Å². The zero-order chi connectivity index (χ0) is 18.2. The van der Waals surface area contributed by atoms with Crippen molar-refractivity contribution in [2.24, 2.45) is 0 Å². The van der Waals surface area contributed by atoms with E-state index in [1.807, 2.05) is 48.8 Å². The van der Waals surface area contributed by atoms with E-state index in [9.17, 15) is 4.79 Å². The maximum absolute atomic E-state index is 12.4. The Labute approximate surface area is 155 Å². The van der Waals surface area contributed by atoms with Gasteiger partial charge in [-0.2, -0.15) is 0 Å². The second-order valence-electron chi connectivity index (χ2n) is 6.82. The van der Waals surface area contributed by atoms with Gasteiger partial charge in [0, 0.05) is 37.1 Å². The predicted molar refractivity (Wildman–Crippen MR) is 100 cm³/mol. The first-order chi connectivity index (χ1) is 13.3. The van der Waals surface area contributed by atoms with Crippen LogP contribution in [0.3, 0.4) is 0 Å². The van der Waals surface area contributed by atoms with Crippen molar-refractivity contribution in [2.45, 2.75) is 18.9 Å². The van der Waals surface area contributed by atoms with Crippen LogP contribution in [0.25, 0.3) is 16.8 Å². The molecule has 0 spiro atoms. The van der Waals surface area contributed by atoms with Gasteiger partial charge in [-0.05, 0) is 18.1 Å². The molecule has 0 aliphatic carbocycles. The fourth-order valence-electron chi connectivity index (χ4n) is 3.76. The molecule has 7 nitrogen and oxygen atoms in total. The van der Waals surface area contributed by atoms with E-state index in [1.165, 1.54) is 0 Å². The molecule has 4 aromatic rings. The summed E-state index contributed by atoms with van der Waals surface area (Å²) in [6, 6.07) is 11.7. The molecular weight excluding hydrogens is 342 g/mol. The van der Waals surface area contributed by atoms with Crippen molar-refractivity contribution >= 4 is 22.9 Å². The van der Waals surface area contributed by atoms with Crippen LogP contribution in [0.15, 0.2) is 55.0 Å². The lowest BCUT2D eigenvalue weighted by Crippen LogP contribution is -2.29. The number of benzene rings is 1. The molecule has 1 N–H and O–H groups in total. The monoisotopic (exact) mass is 361 g/mol. The maximum Gasteiger partial charge on any atom is 0.410 e. The van der Waals surface area contributed by atoms with Gasteiger partial charge in [0.25, 0.3) is 0 Å². The van der Waals surface area contributed by atoms with Gasteiger partial charge in [-0.25, -0.2) is 14.8 Å². The number of hydrogen-bond donors (Lipinski definition) is 1. The van der Waals surface area contributed by atoms with Crippen LogP contribution in [-0.2, 0) is 11.3 Å². The van der Waals surface area contributed by atoms with Crippen LogP contribution < -0.4 is 0 Å². The van der Waals surface area contributed by atoms with Crippen molar-refractivity contribution in [2.75, 3.05) is 13.1 Å². The summed E-state index contributed by atoms with van der Waals surface area (Å²) in [5.74, 6) is 0.227. The van der Waals surface area contributed by atoms with Crippen LogP contribution in [0.1, 0.15) is 23.6 Å². The number of ether oxygens (including phenoxy) is 1. The average Bonchev–Trinajstić information content (AvgIpc) is 3.44. The smallest absolute Gasteiger partial charge is 0.410 e. The van der Waals surface area contributed by atoms with E-state index in [4.69, 9.17) is 4.74 Å². The van der Waals surface area contributed by atoms with Gasteiger partial charge in [0.2, 0.25) is 0 Å². The summed E-state index contributed by atoms with van der Waals surface area (Å²) in [6.45, 7) is 1.62. The third kappa shape index (κ3) is 2.81. The molecule has 7 heteroatoms. The first kappa shape index (κ1) is 15.9. The highest BCUT2D eigenvalue weighted by molar-refractivity contribution is 5.75. The van der Waals surface area contributed by atoms with Gasteiger partial charge < -0.3 is 14.6 Å². The molecule has 1 saturated heterocycles. The van der Waals surface area contributed by atoms with E-state index in [0.29, 0.717) is 19.7 Å². The summed E-state index contributed by atoms with van der Waals surface area (Å²) in [4.78, 5) is 26.2. The number of imidazole rings is 1. The van der Waals surface area contributed by atoms with Crippen LogP contribution in [-0.4, -0.2) is 43.4 Å². The number of likely N-dealkylation sites (tertiary alicyclic amines) is 1. The fraction of sp³-hybridized carbons (Fsp3) is 0.250. The van der Waals surface area contributed by atoms with Gasteiger partial charge in [-0.3, -0.25) is 4.40 Å². The zero-order valence-electron chi connectivity index (χ0n) is 14.7. The van der Waals surface area contributed by atoms with Gasteiger partial charge in [0.15, 0.2) is 11.3 Å². The summed E-state index contributed by atoms with van der Waals surface area (Å²) in [5, 5.41) is 0. The first-order valence-corrected chi connectivity index (χ1v) is 9.04. The molecule has 3 aromatic heterocycles. The number of fused-ring (bicyclic) bond motifs is 3. The van der Waals surface area contributed by atoms with E-state index in [-0.39, 0.29) is 12.0 Å². The predicted octanol–water partition coefficient (Wildman–Crippen LogP) is 3.34. The highest BCUT2D eigenvalue weighted by Crippen LogP contribution is 2.29. The molecule has 1 aliphatic rings. The topological polar surface area (TPSA) is 75.5 Å². The third-order valence-corrected chi connectivity index (χ3v) is 5.14. The number of H-pyrrole nitrogens is 1. The Balaban J connectivity index is 1.33. The van der Waals surface area contributed by atoms with E-state index in [0.717, 1.165) is 34.5 Å². The SMILES string of the molecule is O=C(OCc1ccccc1)N1CCC(c2cnc3cnc4[nH]ccc4n23)C1. The summed E-state index contributed by atoms with van der Waals surface area (Å²) in [5.41, 5.74) is 4.76. The van der Waals surface area contributed by atoms with Crippen LogP contribution in [0.5, 0.6) is 0 Å². The standard InChI is InChI=1S/C20H19N5O2/c26-20(27-13-14-4-2-1-3-5-14)24-9-7-15(12-24)17-10-22-18-11-23-19-16(25(17)18)6-8-21-19/h1-6,8,10-11,15,21H,7,9,12-13H2. The molecule has 1 aliphatic heterocycles. The number of carbonyl (C=O) groups is 1. The maximum atomic E-state index is 12.4. The lowest BCUT2D eigenvalue weighted by atomic mass is 10.1. The van der Waals surface area contributed by atoms with Crippen molar-refractivity contribution in [1.82, 2.24) is 24.3 Å². The lowest BCUT2D eigenvalue weighted by molar-refractivity contribution is 0.104. The van der Waals surface area contributed by atoms with Gasteiger partial charge in [0.1, 0.15) is 6.61 Å². The van der Waals surface area contributed by atoms with Crippen LogP contribution in [0.4, 0.5) is 4.79 Å². The second kappa shape index (κ2) is 6.42. The molecule has 27 heavy (non-hydrogen) atoms. The Bertz CT molecular complexity index is 1100. The zero-order valence-corrected chi connectivity index (χ0v) is 14.7. The minimum absolute atomic E-state index is 0.227. The number of nitrogens with zero attached hydrogens (tertiary/aromatic N) is 4. The fourth-order valence-corrected chi connectivity index (χ4v) is 3.76. The summed E-state index contributed by atoms with van der Waals surface area (Å²) < 4.78 is 7.60. The van der Waals surface area contributed by atoms with E-state index in [1.54, 1.807) is 11.1 Å². The van der Waals surface area contributed by atoms with E-state index >= 15 is 0 Å². The average molecular weight is 361 g/mol. The van der Waals surface area contributed by atoms with Crippen molar-refractivity contribution in [3.8, 4) is 0 Å². The van der Waals surface area contributed by atoms with E-state index in [2.05, 4.69) is 19.4 Å². The lowest BCUT2D eigenvalue weighted by Gasteiger charge is -2.16. The van der Waals surface area contributed by atoms with Crippen LogP contribution >= 0.6 is 0 Å². The molecule has 4 heterocycles. The Morgan fingerprint density at radius 3 is 2.96 bits per heavy atom. The second-order valence-corrected chi connectivity index (χ2v) is 6.82. The molecule has 1 unspecified atom stereocenters. The Kier molecular flexibility index (Phi) is 3.78. The number of nitrogens with one attached hydrogen (secondary N) is 1. The molecule has 5 rings (SSSR count). The van der Waals surface area contributed by atoms with E-state index < -0.39 is 0 Å². The number of hydrogen-bond acceptors (Lipinski definition) is 4. The van der Waals surface area contributed by atoms with Crippen LogP contribution in [0.2, 0.25) is 0 Å². The Hall–Kier alpha value is -3.35. The molecule has 1 amide bonds. The molecule has 1 atom stereocenters. The number of aromatic amines is 1. The van der Waals surface area contributed by atoms with Gasteiger partial charge in [0.05, 0.1) is 11.7 Å². The number of rotatable bonds is 3. The normalized spacial score (nSPS) is 17.0. The summed E-state index contributed by atoms with van der Waals surface area (Å²) in [7, 11) is 0. The van der Waals surface area contributed by atoms with Crippen LogP contribution in [0, 0.1) is 0 Å². The molecule has 1 fully saturated rings. The minimum atomic E-state index is -0.261. The summed E-state index contributed by atoms with van der Waals surface area (Å²) in [6.07, 6.45) is 6.17. The Morgan fingerprint density at radius 2 is 2.07 bits per heavy atom. The number of amides is 1. The largest absolute Gasteiger partial charge is 0.445 e. The molecular formula is C20H19N5O2. The molecule has 136 valence electrons. The molecule has 0 bridgehead atoms. The molecule has 0 saturated carbocycles. The molecule has 1 aromatic carbocycles. The van der Waals surface area contributed by atoms with Crippen molar-refractivity contribution < 1.29 is 9.53 Å². The summed E-state index contributed by atoms with van der Waals surface area (Å²) >= 11 is 0. The molecule has 0 radical (unpaired) electrons. The van der Waals surface area contributed by atoms with Crippen molar-refractivity contribution in [3.05, 3.63) is 66.2 Å². The number of aromatic nitrogens is 4. The quantitative estimate of drug-likeness (QED) is 0.607. The number of carbonyl (C=O) groups excluding carboxylic acids is 1. The Morgan fingerprint density at radius 1 is 1.19 bits per heavy atom. The van der Waals surface area contributed by atoms with Crippen molar-refractivity contribution in [3.63, 3.8) is 0 Å². The highest BCUT2D eigenvalue weighted by Gasteiger charge is 2.30. The highest BCUT2D eigenvalue weighted by atomic mass is 16.6.